The first-order valence-corrected chi connectivity index (χ1v) is 6.82. The zero-order valence-corrected chi connectivity index (χ0v) is 11.0. The number of nitrogens with one attached hydrogen (secondary N) is 1. The predicted molar refractivity (Wildman–Crippen MR) is 72.9 cm³/mol. The Morgan fingerprint density at radius 3 is 2.78 bits per heavy atom. The van der Waals surface area contributed by atoms with E-state index in [-0.39, 0.29) is 16.7 Å². The highest BCUT2D eigenvalue weighted by Crippen LogP contribution is 2.32. The van der Waals surface area contributed by atoms with Gasteiger partial charge in [-0.25, -0.2) is 0 Å². The van der Waals surface area contributed by atoms with Gasteiger partial charge in [-0.05, 0) is 30.9 Å². The first-order valence-electron chi connectivity index (χ1n) is 6.44. The minimum atomic E-state index is -0.0591. The Morgan fingerprint density at radius 2 is 2.06 bits per heavy atom. The summed E-state index contributed by atoms with van der Waals surface area (Å²) in [6, 6.07) is 4.95. The maximum atomic E-state index is 11.9. The lowest BCUT2D eigenvalue weighted by Gasteiger charge is -2.21. The molecule has 0 spiro atoms. The topological polar surface area (TPSA) is 49.3 Å². The van der Waals surface area contributed by atoms with E-state index in [0.29, 0.717) is 18.0 Å². The van der Waals surface area contributed by atoms with Crippen molar-refractivity contribution < 1.29 is 9.90 Å². The second kappa shape index (κ2) is 6.10. The van der Waals surface area contributed by atoms with E-state index < -0.39 is 0 Å². The molecule has 18 heavy (non-hydrogen) atoms. The molecule has 0 radical (unpaired) electrons. The molecule has 1 amide bonds. The van der Waals surface area contributed by atoms with E-state index in [1.165, 1.54) is 19.3 Å². The third-order valence-corrected chi connectivity index (χ3v) is 3.76. The molecule has 1 aliphatic carbocycles. The molecule has 4 heteroatoms. The van der Waals surface area contributed by atoms with Gasteiger partial charge < -0.3 is 10.4 Å². The quantitative estimate of drug-likeness (QED) is 0.815. The van der Waals surface area contributed by atoms with Gasteiger partial charge in [0.1, 0.15) is 0 Å². The molecule has 0 aliphatic heterocycles. The summed E-state index contributed by atoms with van der Waals surface area (Å²) >= 11 is 5.79. The maximum Gasteiger partial charge on any atom is 0.224 e. The van der Waals surface area contributed by atoms with Crippen LogP contribution in [0.4, 0.5) is 5.69 Å². The highest BCUT2D eigenvalue weighted by Gasteiger charge is 2.17. The van der Waals surface area contributed by atoms with Crippen LogP contribution in [0.5, 0.6) is 5.75 Å². The number of benzene rings is 1. The van der Waals surface area contributed by atoms with Crippen LogP contribution < -0.4 is 5.32 Å². The Kier molecular flexibility index (Phi) is 4.48. The van der Waals surface area contributed by atoms with Crippen molar-refractivity contribution in [3.8, 4) is 5.75 Å². The van der Waals surface area contributed by atoms with Gasteiger partial charge in [-0.2, -0.15) is 0 Å². The van der Waals surface area contributed by atoms with Crippen molar-refractivity contribution >= 4 is 23.2 Å². The molecular weight excluding hydrogens is 250 g/mol. The predicted octanol–water partition coefficient (Wildman–Crippen LogP) is 3.95. The van der Waals surface area contributed by atoms with Gasteiger partial charge in [-0.3, -0.25) is 4.79 Å². The first-order chi connectivity index (χ1) is 8.66. The second-order valence-corrected chi connectivity index (χ2v) is 5.30. The molecule has 1 aromatic rings. The lowest BCUT2D eigenvalue weighted by Crippen LogP contribution is -2.18. The van der Waals surface area contributed by atoms with Crippen molar-refractivity contribution in [2.45, 2.75) is 38.5 Å². The molecule has 1 aliphatic rings. The number of anilines is 1. The number of carbonyl (C=O) groups is 1. The third kappa shape index (κ3) is 3.39. The molecule has 1 saturated carbocycles. The normalized spacial score (nSPS) is 16.5. The van der Waals surface area contributed by atoms with Crippen molar-refractivity contribution in [1.29, 1.82) is 0 Å². The van der Waals surface area contributed by atoms with Crippen LogP contribution in [0.3, 0.4) is 0 Å². The number of rotatable bonds is 3. The third-order valence-electron chi connectivity index (χ3n) is 3.46. The summed E-state index contributed by atoms with van der Waals surface area (Å²) in [5, 5.41) is 12.7. The monoisotopic (exact) mass is 267 g/mol. The zero-order valence-electron chi connectivity index (χ0n) is 10.3. The molecule has 0 saturated heterocycles. The van der Waals surface area contributed by atoms with Gasteiger partial charge in [0.2, 0.25) is 5.91 Å². The summed E-state index contributed by atoms with van der Waals surface area (Å²) in [7, 11) is 0. The Balaban J connectivity index is 1.92. The molecule has 1 fully saturated rings. The summed E-state index contributed by atoms with van der Waals surface area (Å²) < 4.78 is 0. The van der Waals surface area contributed by atoms with Gasteiger partial charge in [-0.15, -0.1) is 0 Å². The van der Waals surface area contributed by atoms with Crippen LogP contribution in [0, 0.1) is 5.92 Å². The fraction of sp³-hybridized carbons (Fsp3) is 0.500. The summed E-state index contributed by atoms with van der Waals surface area (Å²) in [5.41, 5.74) is 0.392. The minimum Gasteiger partial charge on any atom is -0.504 e. The summed E-state index contributed by atoms with van der Waals surface area (Å²) in [6.07, 6.45) is 6.53. The number of hydrogen-bond acceptors (Lipinski definition) is 2. The largest absolute Gasteiger partial charge is 0.504 e. The van der Waals surface area contributed by atoms with Crippen molar-refractivity contribution in [2.24, 2.45) is 5.92 Å². The van der Waals surface area contributed by atoms with Gasteiger partial charge in [0.25, 0.3) is 0 Å². The molecule has 1 aromatic carbocycles. The number of para-hydroxylation sites is 1. The van der Waals surface area contributed by atoms with Crippen LogP contribution in [-0.2, 0) is 4.79 Å². The fourth-order valence-corrected chi connectivity index (χ4v) is 2.65. The average molecular weight is 268 g/mol. The number of phenols is 1. The Bertz CT molecular complexity index is 428. The van der Waals surface area contributed by atoms with Gasteiger partial charge in [0.15, 0.2) is 5.75 Å². The first kappa shape index (κ1) is 13.2. The minimum absolute atomic E-state index is 0.0422. The lowest BCUT2D eigenvalue weighted by atomic mass is 9.87. The van der Waals surface area contributed by atoms with Crippen molar-refractivity contribution in [3.05, 3.63) is 23.2 Å². The second-order valence-electron chi connectivity index (χ2n) is 4.89. The molecular formula is C14H18ClNO2. The number of amides is 1. The van der Waals surface area contributed by atoms with Gasteiger partial charge >= 0.3 is 0 Å². The van der Waals surface area contributed by atoms with Gasteiger partial charge in [0.05, 0.1) is 10.7 Å². The highest BCUT2D eigenvalue weighted by atomic mass is 35.5. The molecule has 2 N–H and O–H groups in total. The van der Waals surface area contributed by atoms with Crippen molar-refractivity contribution in [2.75, 3.05) is 5.32 Å². The molecule has 2 rings (SSSR count). The Morgan fingerprint density at radius 1 is 1.33 bits per heavy atom. The summed E-state index contributed by atoms with van der Waals surface area (Å²) in [6.45, 7) is 0. The molecule has 0 aromatic heterocycles. The summed E-state index contributed by atoms with van der Waals surface area (Å²) in [4.78, 5) is 11.9. The van der Waals surface area contributed by atoms with Crippen LogP contribution in [0.1, 0.15) is 38.5 Å². The van der Waals surface area contributed by atoms with E-state index in [2.05, 4.69) is 5.32 Å². The lowest BCUT2D eigenvalue weighted by molar-refractivity contribution is -0.117. The maximum absolute atomic E-state index is 11.9. The average Bonchev–Trinajstić information content (AvgIpc) is 2.36. The molecule has 0 bridgehead atoms. The molecule has 0 atom stereocenters. The van der Waals surface area contributed by atoms with Crippen LogP contribution >= 0.6 is 11.6 Å². The van der Waals surface area contributed by atoms with E-state index >= 15 is 0 Å². The highest BCUT2D eigenvalue weighted by molar-refractivity contribution is 6.32. The Labute approximate surface area is 112 Å². The fourth-order valence-electron chi connectivity index (χ4n) is 2.47. The SMILES string of the molecule is O=C(CC1CCCCC1)Nc1cccc(Cl)c1O. The smallest absolute Gasteiger partial charge is 0.224 e. The number of carbonyl (C=O) groups excluding carboxylic acids is 1. The molecule has 0 heterocycles. The molecule has 3 nitrogen and oxygen atoms in total. The van der Waals surface area contributed by atoms with Crippen LogP contribution in [0.15, 0.2) is 18.2 Å². The van der Waals surface area contributed by atoms with E-state index in [0.717, 1.165) is 12.8 Å². The summed E-state index contributed by atoms with van der Waals surface area (Å²) in [5.74, 6) is 0.385. The zero-order chi connectivity index (χ0) is 13.0. The van der Waals surface area contributed by atoms with Gasteiger partial charge in [-0.1, -0.05) is 36.9 Å². The number of halogens is 1. The van der Waals surface area contributed by atoms with E-state index in [9.17, 15) is 9.90 Å². The standard InChI is InChI=1S/C14H18ClNO2/c15-11-7-4-8-12(14(11)18)16-13(17)9-10-5-2-1-3-6-10/h4,7-8,10,18H,1-3,5-6,9H2,(H,16,17). The van der Waals surface area contributed by atoms with Crippen molar-refractivity contribution in [3.63, 3.8) is 0 Å². The molecule has 0 unspecified atom stereocenters. The van der Waals surface area contributed by atoms with Crippen LogP contribution in [-0.4, -0.2) is 11.0 Å². The number of aromatic hydroxyl groups is 1. The van der Waals surface area contributed by atoms with E-state index in [1.54, 1.807) is 18.2 Å². The van der Waals surface area contributed by atoms with E-state index in [4.69, 9.17) is 11.6 Å². The van der Waals surface area contributed by atoms with Crippen LogP contribution in [0.25, 0.3) is 0 Å². The van der Waals surface area contributed by atoms with E-state index in [1.807, 2.05) is 0 Å². The van der Waals surface area contributed by atoms with Crippen molar-refractivity contribution in [1.82, 2.24) is 0 Å². The molecule has 98 valence electrons. The van der Waals surface area contributed by atoms with Gasteiger partial charge in [0, 0.05) is 6.42 Å². The Hall–Kier alpha value is -1.22. The van der Waals surface area contributed by atoms with Crippen LogP contribution in [0.2, 0.25) is 5.02 Å². The number of hydrogen-bond donors (Lipinski definition) is 2. The number of phenolic OH excluding ortho intramolecular Hbond substituents is 1.